The lowest BCUT2D eigenvalue weighted by molar-refractivity contribution is -0.138. The normalized spacial score (nSPS) is 11.0. The molecule has 4 N–H and O–H groups in total. The van der Waals surface area contributed by atoms with Crippen LogP contribution in [-0.4, -0.2) is 49.5 Å². The summed E-state index contributed by atoms with van der Waals surface area (Å²) in [6.45, 7) is 5.26. The Morgan fingerprint density at radius 3 is 1.38 bits per heavy atom. The molecule has 0 atom stereocenters. The highest BCUT2D eigenvalue weighted by Gasteiger charge is 2.19. The number of aliphatic carboxylic acids is 2. The largest absolute Gasteiger partial charge is 0.496 e. The standard InChI is InChI=1S/C38H42F2N2O6/c1-23-27(25-17-33(39)31(35(19-25)47-3)21-41-15-7-13-37(43)44)9-5-11-29(23)30-12-6-10-28(24(30)2)26-18-34(40)32(36(20-26)48-4)22-42-16-8-14-38(45)46/h5-6,9-12,17-20,41-42H,7-8,13-16,21-22H2,1-4H3,(H,43,44)(H,45,46). The Labute approximate surface area is 279 Å². The Hall–Kier alpha value is -4.80. The second-order valence-corrected chi connectivity index (χ2v) is 11.6. The van der Waals surface area contributed by atoms with Crippen molar-refractivity contribution in [3.63, 3.8) is 0 Å². The molecule has 0 heterocycles. The van der Waals surface area contributed by atoms with Gasteiger partial charge in [-0.25, -0.2) is 8.78 Å². The van der Waals surface area contributed by atoms with Crippen molar-refractivity contribution in [3.8, 4) is 44.9 Å². The third kappa shape index (κ3) is 8.76. The van der Waals surface area contributed by atoms with Crippen LogP contribution in [0.15, 0.2) is 60.7 Å². The van der Waals surface area contributed by atoms with Gasteiger partial charge in [0.05, 0.1) is 14.2 Å². The highest BCUT2D eigenvalue weighted by molar-refractivity contribution is 5.84. The summed E-state index contributed by atoms with van der Waals surface area (Å²) in [6.07, 6.45) is 0.953. The van der Waals surface area contributed by atoms with Crippen LogP contribution in [0.3, 0.4) is 0 Å². The van der Waals surface area contributed by atoms with Crippen LogP contribution in [-0.2, 0) is 22.7 Å². The van der Waals surface area contributed by atoms with Gasteiger partial charge in [-0.3, -0.25) is 9.59 Å². The Morgan fingerprint density at radius 2 is 1.02 bits per heavy atom. The number of hydrogen-bond acceptors (Lipinski definition) is 6. The molecule has 254 valence electrons. The van der Waals surface area contributed by atoms with Crippen molar-refractivity contribution >= 4 is 11.9 Å². The predicted octanol–water partition coefficient (Wildman–Crippen LogP) is 7.51. The minimum atomic E-state index is -0.871. The van der Waals surface area contributed by atoms with Gasteiger partial charge in [0, 0.05) is 37.1 Å². The van der Waals surface area contributed by atoms with Crippen LogP contribution in [0.1, 0.15) is 47.9 Å². The average Bonchev–Trinajstić information content (AvgIpc) is 3.05. The van der Waals surface area contributed by atoms with Gasteiger partial charge in [-0.1, -0.05) is 36.4 Å². The van der Waals surface area contributed by atoms with E-state index in [1.165, 1.54) is 26.4 Å². The van der Waals surface area contributed by atoms with E-state index in [-0.39, 0.29) is 25.9 Å². The summed E-state index contributed by atoms with van der Waals surface area (Å²) >= 11 is 0. The minimum absolute atomic E-state index is 0.0391. The van der Waals surface area contributed by atoms with Gasteiger partial charge in [-0.05, 0) is 109 Å². The van der Waals surface area contributed by atoms with Gasteiger partial charge in [0.2, 0.25) is 0 Å². The summed E-state index contributed by atoms with van der Waals surface area (Å²) < 4.78 is 42.0. The van der Waals surface area contributed by atoms with Crippen molar-refractivity contribution in [1.82, 2.24) is 10.6 Å². The predicted molar refractivity (Wildman–Crippen MR) is 182 cm³/mol. The molecule has 10 heteroatoms. The Morgan fingerprint density at radius 1 is 0.646 bits per heavy atom. The maximum absolute atomic E-state index is 15.5. The van der Waals surface area contributed by atoms with E-state index < -0.39 is 23.6 Å². The highest BCUT2D eigenvalue weighted by atomic mass is 19.1. The molecule has 0 amide bonds. The van der Waals surface area contributed by atoms with Crippen LogP contribution in [0, 0.1) is 25.5 Å². The average molecular weight is 661 g/mol. The quantitative estimate of drug-likeness (QED) is 0.0861. The number of carboxylic acid groups (broad SMARTS) is 2. The van der Waals surface area contributed by atoms with Crippen LogP contribution >= 0.6 is 0 Å². The molecule has 8 nitrogen and oxygen atoms in total. The summed E-state index contributed by atoms with van der Waals surface area (Å²) in [5.74, 6) is -1.79. The van der Waals surface area contributed by atoms with Crippen molar-refractivity contribution < 1.29 is 38.1 Å². The number of carboxylic acids is 2. The second kappa shape index (κ2) is 16.9. The van der Waals surface area contributed by atoms with E-state index in [0.29, 0.717) is 59.7 Å². The first-order chi connectivity index (χ1) is 23.0. The summed E-state index contributed by atoms with van der Waals surface area (Å²) in [5, 5.41) is 23.9. The molecule has 0 saturated heterocycles. The molecular formula is C38H42F2N2O6. The van der Waals surface area contributed by atoms with E-state index in [4.69, 9.17) is 19.7 Å². The summed E-state index contributed by atoms with van der Waals surface area (Å²) in [6, 6.07) is 18.3. The van der Waals surface area contributed by atoms with Crippen molar-refractivity contribution in [3.05, 3.63) is 94.6 Å². The number of carbonyl (C=O) groups is 2. The first-order valence-electron chi connectivity index (χ1n) is 15.8. The van der Waals surface area contributed by atoms with Crippen molar-refractivity contribution in [2.45, 2.75) is 52.6 Å². The van der Waals surface area contributed by atoms with E-state index in [2.05, 4.69) is 10.6 Å². The van der Waals surface area contributed by atoms with Crippen LogP contribution < -0.4 is 20.1 Å². The molecule has 0 unspecified atom stereocenters. The number of benzene rings is 4. The molecule has 0 aliphatic carbocycles. The van der Waals surface area contributed by atoms with Crippen LogP contribution in [0.5, 0.6) is 11.5 Å². The topological polar surface area (TPSA) is 117 Å². The Bertz CT molecular complexity index is 1650. The van der Waals surface area contributed by atoms with Crippen LogP contribution in [0.25, 0.3) is 33.4 Å². The fraction of sp³-hybridized carbons (Fsp3) is 0.316. The number of ether oxygens (including phenoxy) is 2. The second-order valence-electron chi connectivity index (χ2n) is 11.6. The molecule has 4 aromatic carbocycles. The Balaban J connectivity index is 1.63. The zero-order chi connectivity index (χ0) is 34.8. The SMILES string of the molecule is COc1cc(-c2cccc(-c3cccc(-c4cc(F)c(CNCCCC(=O)O)c(OC)c4)c3C)c2C)cc(F)c1CNCCCC(=O)O. The van der Waals surface area contributed by atoms with E-state index in [9.17, 15) is 9.59 Å². The third-order valence-electron chi connectivity index (χ3n) is 8.42. The first-order valence-corrected chi connectivity index (χ1v) is 15.8. The lowest BCUT2D eigenvalue weighted by atomic mass is 9.87. The molecule has 0 aliphatic heterocycles. The minimum Gasteiger partial charge on any atom is -0.496 e. The fourth-order valence-electron chi connectivity index (χ4n) is 5.88. The van der Waals surface area contributed by atoms with Gasteiger partial charge in [-0.15, -0.1) is 0 Å². The van der Waals surface area contributed by atoms with E-state index in [1.54, 1.807) is 0 Å². The summed E-state index contributed by atoms with van der Waals surface area (Å²) in [4.78, 5) is 21.5. The zero-order valence-corrected chi connectivity index (χ0v) is 27.7. The molecule has 48 heavy (non-hydrogen) atoms. The van der Waals surface area contributed by atoms with Crippen molar-refractivity contribution in [1.29, 1.82) is 0 Å². The molecular weight excluding hydrogens is 618 g/mol. The molecule has 0 aromatic heterocycles. The highest BCUT2D eigenvalue weighted by Crippen LogP contribution is 2.39. The molecule has 0 bridgehead atoms. The number of halogens is 2. The molecule has 0 spiro atoms. The lowest BCUT2D eigenvalue weighted by Crippen LogP contribution is -2.17. The zero-order valence-electron chi connectivity index (χ0n) is 27.7. The number of methoxy groups -OCH3 is 2. The maximum Gasteiger partial charge on any atom is 0.303 e. The van der Waals surface area contributed by atoms with Crippen LogP contribution in [0.4, 0.5) is 8.78 Å². The maximum atomic E-state index is 15.5. The van der Waals surface area contributed by atoms with Gasteiger partial charge in [-0.2, -0.15) is 0 Å². The fourth-order valence-corrected chi connectivity index (χ4v) is 5.88. The number of nitrogens with one attached hydrogen (secondary N) is 2. The van der Waals surface area contributed by atoms with Gasteiger partial charge in [0.25, 0.3) is 0 Å². The molecule has 0 fully saturated rings. The van der Waals surface area contributed by atoms with E-state index in [1.807, 2.05) is 62.4 Å². The molecule has 4 rings (SSSR count). The summed E-state index contributed by atoms with van der Waals surface area (Å²) in [7, 11) is 2.99. The van der Waals surface area contributed by atoms with E-state index >= 15 is 8.78 Å². The van der Waals surface area contributed by atoms with Gasteiger partial charge < -0.3 is 30.3 Å². The molecule has 0 radical (unpaired) electrons. The van der Waals surface area contributed by atoms with Gasteiger partial charge >= 0.3 is 11.9 Å². The van der Waals surface area contributed by atoms with E-state index in [0.717, 1.165) is 33.4 Å². The summed E-state index contributed by atoms with van der Waals surface area (Å²) in [5.41, 5.74) is 7.51. The Kier molecular flexibility index (Phi) is 12.7. The van der Waals surface area contributed by atoms with Gasteiger partial charge in [0.1, 0.15) is 23.1 Å². The molecule has 4 aromatic rings. The third-order valence-corrected chi connectivity index (χ3v) is 8.42. The van der Waals surface area contributed by atoms with Gasteiger partial charge in [0.15, 0.2) is 0 Å². The smallest absolute Gasteiger partial charge is 0.303 e. The van der Waals surface area contributed by atoms with Crippen molar-refractivity contribution in [2.75, 3.05) is 27.3 Å². The molecule has 0 aliphatic rings. The number of rotatable bonds is 17. The number of hydrogen-bond donors (Lipinski definition) is 4. The van der Waals surface area contributed by atoms with Crippen molar-refractivity contribution in [2.24, 2.45) is 0 Å². The molecule has 0 saturated carbocycles. The van der Waals surface area contributed by atoms with Crippen LogP contribution in [0.2, 0.25) is 0 Å². The monoisotopic (exact) mass is 660 g/mol. The first kappa shape index (κ1) is 36.0. The lowest BCUT2D eigenvalue weighted by Gasteiger charge is -2.19.